The number of carbonyl (C=O) groups is 2. The zero-order valence-corrected chi connectivity index (χ0v) is 11.3. The predicted molar refractivity (Wildman–Crippen MR) is 61.7 cm³/mol. The normalized spacial score (nSPS) is 12.1. The van der Waals surface area contributed by atoms with Crippen molar-refractivity contribution in [1.82, 2.24) is 10.6 Å². The highest BCUT2D eigenvalue weighted by atomic mass is 35.6. The molecule has 0 aromatic heterocycles. The first-order valence-electron chi connectivity index (χ1n) is 3.25. The van der Waals surface area contributed by atoms with Gasteiger partial charge in [-0.25, -0.2) is 0 Å². The molecule has 4 nitrogen and oxygen atoms in total. The minimum absolute atomic E-state index is 0.320. The first-order valence-corrected chi connectivity index (χ1v) is 5.52. The van der Waals surface area contributed by atoms with Crippen LogP contribution in [0.2, 0.25) is 0 Å². The molecule has 0 aliphatic carbocycles. The van der Waals surface area contributed by atoms with Gasteiger partial charge in [-0.05, 0) is 0 Å². The molecule has 0 aromatic rings. The Morgan fingerprint density at radius 2 is 1.07 bits per heavy atom. The van der Waals surface area contributed by atoms with E-state index in [0.29, 0.717) is 0 Å². The SMILES string of the molecule is O=C(NCNC(=O)C(Cl)(Cl)Cl)C(Cl)(Cl)Cl. The van der Waals surface area contributed by atoms with E-state index in [0.717, 1.165) is 0 Å². The molecule has 2 N–H and O–H groups in total. The summed E-state index contributed by atoms with van der Waals surface area (Å²) in [5, 5.41) is 4.17. The number of hydrogen-bond donors (Lipinski definition) is 2. The van der Waals surface area contributed by atoms with E-state index in [4.69, 9.17) is 69.6 Å². The van der Waals surface area contributed by atoms with E-state index < -0.39 is 19.4 Å². The van der Waals surface area contributed by atoms with Crippen LogP contribution in [0.3, 0.4) is 0 Å². The van der Waals surface area contributed by atoms with Gasteiger partial charge in [-0.15, -0.1) is 0 Å². The molecular weight excluding hydrogens is 333 g/mol. The summed E-state index contributed by atoms with van der Waals surface area (Å²) in [7, 11) is 0. The van der Waals surface area contributed by atoms with Crippen LogP contribution in [0, 0.1) is 0 Å². The fraction of sp³-hybridized carbons (Fsp3) is 0.600. The van der Waals surface area contributed by atoms with Gasteiger partial charge in [0.2, 0.25) is 0 Å². The Morgan fingerprint density at radius 1 is 0.800 bits per heavy atom. The smallest absolute Gasteiger partial charge is 0.273 e. The molecule has 2 amide bonds. The number of alkyl halides is 6. The van der Waals surface area contributed by atoms with Crippen LogP contribution in [-0.4, -0.2) is 26.1 Å². The summed E-state index contributed by atoms with van der Waals surface area (Å²) in [6.07, 6.45) is 0. The molecule has 0 saturated carbocycles. The molecule has 15 heavy (non-hydrogen) atoms. The second-order valence-electron chi connectivity index (χ2n) is 2.18. The topological polar surface area (TPSA) is 58.2 Å². The van der Waals surface area contributed by atoms with Crippen molar-refractivity contribution in [3.63, 3.8) is 0 Å². The van der Waals surface area contributed by atoms with E-state index >= 15 is 0 Å². The van der Waals surface area contributed by atoms with Gasteiger partial charge in [0.1, 0.15) is 0 Å². The van der Waals surface area contributed by atoms with Gasteiger partial charge in [0.05, 0.1) is 6.67 Å². The summed E-state index contributed by atoms with van der Waals surface area (Å²) in [6.45, 7) is -0.320. The Hall–Kier alpha value is 0.680. The summed E-state index contributed by atoms with van der Waals surface area (Å²) < 4.78 is -4.21. The standard InChI is InChI=1S/C5H4Cl6N2O2/c6-4(7,8)2(14)12-1-13-3(15)5(9,10)11/h1H2,(H,12,14)(H,13,15). The maximum absolute atomic E-state index is 10.9. The zero-order valence-electron chi connectivity index (χ0n) is 6.79. The van der Waals surface area contributed by atoms with Crippen LogP contribution in [0.4, 0.5) is 0 Å². The van der Waals surface area contributed by atoms with Gasteiger partial charge in [-0.3, -0.25) is 9.59 Å². The van der Waals surface area contributed by atoms with Gasteiger partial charge in [-0.2, -0.15) is 0 Å². The summed E-state index contributed by atoms with van der Waals surface area (Å²) in [6, 6.07) is 0. The minimum atomic E-state index is -2.11. The molecule has 0 fully saturated rings. The summed E-state index contributed by atoms with van der Waals surface area (Å²) in [4.78, 5) is 21.9. The van der Waals surface area contributed by atoms with Gasteiger partial charge in [0.15, 0.2) is 0 Å². The molecule has 0 saturated heterocycles. The van der Waals surface area contributed by atoms with Gasteiger partial charge >= 0.3 is 0 Å². The highest BCUT2D eigenvalue weighted by Gasteiger charge is 2.32. The Labute approximate surface area is 115 Å². The van der Waals surface area contributed by atoms with Crippen LogP contribution >= 0.6 is 69.6 Å². The van der Waals surface area contributed by atoms with Crippen molar-refractivity contribution < 1.29 is 9.59 Å². The molecule has 0 aromatic carbocycles. The number of amides is 2. The van der Waals surface area contributed by atoms with Crippen LogP contribution in [0.1, 0.15) is 0 Å². The van der Waals surface area contributed by atoms with E-state index in [1.165, 1.54) is 0 Å². The Bertz CT molecular complexity index is 231. The van der Waals surface area contributed by atoms with E-state index in [1.807, 2.05) is 0 Å². The van der Waals surface area contributed by atoms with Gasteiger partial charge in [-0.1, -0.05) is 69.6 Å². The average Bonchev–Trinajstić information content (AvgIpc) is 2.00. The molecule has 88 valence electrons. The van der Waals surface area contributed by atoms with Crippen LogP contribution in [-0.2, 0) is 9.59 Å². The Balaban J connectivity index is 3.92. The van der Waals surface area contributed by atoms with Crippen molar-refractivity contribution in [2.75, 3.05) is 6.67 Å². The molecule has 0 aliphatic heterocycles. The quantitative estimate of drug-likeness (QED) is 0.598. The van der Waals surface area contributed by atoms with Crippen molar-refractivity contribution >= 4 is 81.4 Å². The monoisotopic (exact) mass is 334 g/mol. The molecular formula is C5H4Cl6N2O2. The molecule has 0 heterocycles. The number of halogens is 6. The number of hydrogen-bond acceptors (Lipinski definition) is 2. The fourth-order valence-electron chi connectivity index (χ4n) is 0.405. The molecule has 0 rings (SSSR count). The van der Waals surface area contributed by atoms with E-state index in [-0.39, 0.29) is 6.67 Å². The lowest BCUT2D eigenvalue weighted by molar-refractivity contribution is -0.122. The molecule has 0 radical (unpaired) electrons. The Kier molecular flexibility index (Phi) is 6.11. The number of carbonyl (C=O) groups excluding carboxylic acids is 2. The van der Waals surface area contributed by atoms with Crippen molar-refractivity contribution in [3.8, 4) is 0 Å². The lowest BCUT2D eigenvalue weighted by Gasteiger charge is -2.14. The van der Waals surface area contributed by atoms with E-state index in [9.17, 15) is 9.59 Å². The largest absolute Gasteiger partial charge is 0.335 e. The zero-order chi connectivity index (χ0) is 12.3. The van der Waals surface area contributed by atoms with Crippen LogP contribution in [0.15, 0.2) is 0 Å². The Morgan fingerprint density at radius 3 is 1.27 bits per heavy atom. The van der Waals surface area contributed by atoms with Crippen molar-refractivity contribution in [3.05, 3.63) is 0 Å². The van der Waals surface area contributed by atoms with Gasteiger partial charge < -0.3 is 10.6 Å². The summed E-state index contributed by atoms with van der Waals surface area (Å²) >= 11 is 31.3. The van der Waals surface area contributed by atoms with Crippen molar-refractivity contribution in [1.29, 1.82) is 0 Å². The molecule has 0 unspecified atom stereocenters. The highest BCUT2D eigenvalue weighted by molar-refractivity contribution is 6.76. The summed E-state index contributed by atoms with van der Waals surface area (Å²) in [5.41, 5.74) is 0. The second kappa shape index (κ2) is 5.84. The predicted octanol–water partition coefficient (Wildman–Crippen LogP) is 1.92. The minimum Gasteiger partial charge on any atom is -0.335 e. The van der Waals surface area contributed by atoms with Crippen molar-refractivity contribution in [2.24, 2.45) is 0 Å². The van der Waals surface area contributed by atoms with E-state index in [1.54, 1.807) is 0 Å². The lowest BCUT2D eigenvalue weighted by atomic mass is 10.6. The second-order valence-corrected chi connectivity index (χ2v) is 6.75. The van der Waals surface area contributed by atoms with Gasteiger partial charge in [0, 0.05) is 0 Å². The lowest BCUT2D eigenvalue weighted by Crippen LogP contribution is -2.45. The first-order chi connectivity index (χ1) is 6.55. The maximum atomic E-state index is 10.9. The first kappa shape index (κ1) is 15.7. The van der Waals surface area contributed by atoms with Crippen LogP contribution in [0.25, 0.3) is 0 Å². The maximum Gasteiger partial charge on any atom is 0.273 e. The van der Waals surface area contributed by atoms with Crippen LogP contribution in [0.5, 0.6) is 0 Å². The molecule has 0 aliphatic rings. The molecule has 0 spiro atoms. The van der Waals surface area contributed by atoms with E-state index in [2.05, 4.69) is 10.6 Å². The number of nitrogens with one attached hydrogen (secondary N) is 2. The number of rotatable bonds is 2. The van der Waals surface area contributed by atoms with Crippen LogP contribution < -0.4 is 10.6 Å². The fourth-order valence-corrected chi connectivity index (χ4v) is 0.806. The summed E-state index contributed by atoms with van der Waals surface area (Å²) in [5.74, 6) is -1.81. The molecule has 0 bridgehead atoms. The third-order valence-electron chi connectivity index (χ3n) is 1.01. The van der Waals surface area contributed by atoms with Gasteiger partial charge in [0.25, 0.3) is 19.4 Å². The average molecular weight is 337 g/mol. The molecule has 0 atom stereocenters. The third kappa shape index (κ3) is 6.76. The van der Waals surface area contributed by atoms with Crippen molar-refractivity contribution in [2.45, 2.75) is 7.59 Å². The molecule has 10 heteroatoms. The third-order valence-corrected chi connectivity index (χ3v) is 2.04. The highest BCUT2D eigenvalue weighted by Crippen LogP contribution is 2.26.